The third-order valence-electron chi connectivity index (χ3n) is 3.85. The van der Waals surface area contributed by atoms with Gasteiger partial charge in [0.1, 0.15) is 6.61 Å². The van der Waals surface area contributed by atoms with Crippen LogP contribution in [0.1, 0.15) is 30.9 Å². The molecule has 0 aliphatic heterocycles. The predicted octanol–water partition coefficient (Wildman–Crippen LogP) is 5.60. The van der Waals surface area contributed by atoms with E-state index in [-0.39, 0.29) is 6.61 Å². The maximum Gasteiger partial charge on any atom is 0.175 e. The van der Waals surface area contributed by atoms with Crippen molar-refractivity contribution in [2.75, 3.05) is 19.8 Å². The van der Waals surface area contributed by atoms with E-state index in [1.165, 1.54) is 0 Å². The van der Waals surface area contributed by atoms with Crippen LogP contribution in [0.3, 0.4) is 0 Å². The van der Waals surface area contributed by atoms with Gasteiger partial charge in [-0.05, 0) is 72.1 Å². The van der Waals surface area contributed by atoms with Crippen LogP contribution >= 0.6 is 39.1 Å². The molecule has 4 nitrogen and oxygen atoms in total. The van der Waals surface area contributed by atoms with Crippen LogP contribution in [0.4, 0.5) is 0 Å². The van der Waals surface area contributed by atoms with E-state index in [0.717, 1.165) is 35.0 Å². The fourth-order valence-electron chi connectivity index (χ4n) is 2.51. The smallest absolute Gasteiger partial charge is 0.175 e. The SMILES string of the molecule is CCOc1cc(CNCCCCO)cc(Br)c1OCc1ccc(Cl)cc1Cl. The second-order valence-electron chi connectivity index (χ2n) is 5.97. The van der Waals surface area contributed by atoms with E-state index < -0.39 is 0 Å². The summed E-state index contributed by atoms with van der Waals surface area (Å²) < 4.78 is 12.6. The zero-order chi connectivity index (χ0) is 19.6. The molecule has 0 radical (unpaired) electrons. The number of benzene rings is 2. The average molecular weight is 477 g/mol. The summed E-state index contributed by atoms with van der Waals surface area (Å²) in [6.07, 6.45) is 1.75. The zero-order valence-electron chi connectivity index (χ0n) is 15.2. The molecule has 7 heteroatoms. The van der Waals surface area contributed by atoms with Gasteiger partial charge in [-0.25, -0.2) is 0 Å². The largest absolute Gasteiger partial charge is 0.490 e. The van der Waals surface area contributed by atoms with Gasteiger partial charge in [-0.3, -0.25) is 0 Å². The summed E-state index contributed by atoms with van der Waals surface area (Å²) in [5.41, 5.74) is 1.94. The highest BCUT2D eigenvalue weighted by Crippen LogP contribution is 2.38. The van der Waals surface area contributed by atoms with E-state index in [1.54, 1.807) is 12.1 Å². The van der Waals surface area contributed by atoms with Crippen molar-refractivity contribution in [3.63, 3.8) is 0 Å². The van der Waals surface area contributed by atoms with E-state index in [4.69, 9.17) is 37.8 Å². The first-order valence-electron chi connectivity index (χ1n) is 8.88. The molecule has 148 valence electrons. The van der Waals surface area contributed by atoms with Crippen molar-refractivity contribution in [1.29, 1.82) is 0 Å². The third-order valence-corrected chi connectivity index (χ3v) is 5.02. The van der Waals surface area contributed by atoms with Crippen LogP contribution in [0, 0.1) is 0 Å². The molecule has 0 atom stereocenters. The number of unbranched alkanes of at least 4 members (excludes halogenated alkanes) is 1. The lowest BCUT2D eigenvalue weighted by molar-refractivity contribution is 0.267. The number of hydrogen-bond acceptors (Lipinski definition) is 4. The molecule has 0 saturated heterocycles. The maximum atomic E-state index is 8.83. The number of halogens is 3. The minimum atomic E-state index is 0.228. The normalized spacial score (nSPS) is 10.9. The summed E-state index contributed by atoms with van der Waals surface area (Å²) in [5.74, 6) is 1.33. The molecule has 0 aliphatic carbocycles. The standard InChI is InChI=1S/C20H24BrCl2NO3/c1-2-26-19-10-14(12-24-7-3-4-8-25)9-17(21)20(19)27-13-15-5-6-16(22)11-18(15)23/h5-6,9-11,24-25H,2-4,7-8,12-13H2,1H3. The van der Waals surface area contributed by atoms with Crippen molar-refractivity contribution >= 4 is 39.1 Å². The van der Waals surface area contributed by atoms with Crippen LogP contribution in [-0.4, -0.2) is 24.9 Å². The predicted molar refractivity (Wildman–Crippen MR) is 114 cm³/mol. The average Bonchev–Trinajstić information content (AvgIpc) is 2.62. The number of aliphatic hydroxyl groups excluding tert-OH is 1. The minimum Gasteiger partial charge on any atom is -0.490 e. The first-order valence-corrected chi connectivity index (χ1v) is 10.4. The number of aliphatic hydroxyl groups is 1. The van der Waals surface area contributed by atoms with Crippen molar-refractivity contribution < 1.29 is 14.6 Å². The van der Waals surface area contributed by atoms with Gasteiger partial charge in [-0.15, -0.1) is 0 Å². The summed E-state index contributed by atoms with van der Waals surface area (Å²) in [6, 6.07) is 9.33. The maximum absolute atomic E-state index is 8.83. The molecule has 0 amide bonds. The Morgan fingerprint density at radius 3 is 2.63 bits per heavy atom. The Hall–Kier alpha value is -0.980. The van der Waals surface area contributed by atoms with Crippen LogP contribution in [0.25, 0.3) is 0 Å². The monoisotopic (exact) mass is 475 g/mol. The van der Waals surface area contributed by atoms with Crippen LogP contribution in [0.5, 0.6) is 11.5 Å². The van der Waals surface area contributed by atoms with E-state index >= 15 is 0 Å². The lowest BCUT2D eigenvalue weighted by Gasteiger charge is -2.16. The Balaban J connectivity index is 2.08. The highest BCUT2D eigenvalue weighted by molar-refractivity contribution is 9.10. The number of rotatable bonds is 11. The molecule has 0 heterocycles. The highest BCUT2D eigenvalue weighted by atomic mass is 79.9. The summed E-state index contributed by atoms with van der Waals surface area (Å²) >= 11 is 15.8. The zero-order valence-corrected chi connectivity index (χ0v) is 18.3. The molecule has 27 heavy (non-hydrogen) atoms. The van der Waals surface area contributed by atoms with E-state index in [2.05, 4.69) is 21.2 Å². The Morgan fingerprint density at radius 2 is 1.93 bits per heavy atom. The molecule has 0 spiro atoms. The van der Waals surface area contributed by atoms with Crippen LogP contribution in [-0.2, 0) is 13.2 Å². The van der Waals surface area contributed by atoms with E-state index in [1.807, 2.05) is 25.1 Å². The Kier molecular flexibility index (Phi) is 9.73. The summed E-state index contributed by atoms with van der Waals surface area (Å²) in [6.45, 7) is 4.59. The minimum absolute atomic E-state index is 0.228. The summed E-state index contributed by atoms with van der Waals surface area (Å²) in [5, 5.41) is 13.4. The first-order chi connectivity index (χ1) is 13.0. The lowest BCUT2D eigenvalue weighted by Crippen LogP contribution is -2.15. The fourth-order valence-corrected chi connectivity index (χ4v) is 3.58. The van der Waals surface area contributed by atoms with Gasteiger partial charge in [0.25, 0.3) is 0 Å². The van der Waals surface area contributed by atoms with Gasteiger partial charge in [-0.2, -0.15) is 0 Å². The van der Waals surface area contributed by atoms with Gasteiger partial charge in [-0.1, -0.05) is 29.3 Å². The van der Waals surface area contributed by atoms with Gasteiger partial charge in [0.15, 0.2) is 11.5 Å². The van der Waals surface area contributed by atoms with Gasteiger partial charge in [0.2, 0.25) is 0 Å². The molecule has 0 bridgehead atoms. The van der Waals surface area contributed by atoms with Crippen molar-refractivity contribution in [3.05, 3.63) is 56.0 Å². The molecule has 0 aromatic heterocycles. The Labute approximate surface area is 178 Å². The van der Waals surface area contributed by atoms with Crippen LogP contribution < -0.4 is 14.8 Å². The number of ether oxygens (including phenoxy) is 2. The van der Waals surface area contributed by atoms with Crippen LogP contribution in [0.2, 0.25) is 10.0 Å². The van der Waals surface area contributed by atoms with E-state index in [0.29, 0.717) is 41.3 Å². The fraction of sp³-hybridized carbons (Fsp3) is 0.400. The molecule has 2 aromatic carbocycles. The van der Waals surface area contributed by atoms with Gasteiger partial charge in [0.05, 0.1) is 11.1 Å². The van der Waals surface area contributed by atoms with Crippen molar-refractivity contribution in [3.8, 4) is 11.5 Å². The molecule has 0 unspecified atom stereocenters. The van der Waals surface area contributed by atoms with Gasteiger partial charge >= 0.3 is 0 Å². The number of hydrogen-bond donors (Lipinski definition) is 2. The van der Waals surface area contributed by atoms with Gasteiger partial charge in [0, 0.05) is 28.8 Å². The number of nitrogens with one attached hydrogen (secondary N) is 1. The quantitative estimate of drug-likeness (QED) is 0.414. The summed E-state index contributed by atoms with van der Waals surface area (Å²) in [4.78, 5) is 0. The third kappa shape index (κ3) is 7.16. The molecule has 2 aromatic rings. The molecule has 2 N–H and O–H groups in total. The summed E-state index contributed by atoms with van der Waals surface area (Å²) in [7, 11) is 0. The molecular weight excluding hydrogens is 453 g/mol. The van der Waals surface area contributed by atoms with Crippen molar-refractivity contribution in [1.82, 2.24) is 5.32 Å². The molecule has 0 aliphatic rings. The lowest BCUT2D eigenvalue weighted by atomic mass is 10.2. The topological polar surface area (TPSA) is 50.7 Å². The van der Waals surface area contributed by atoms with Gasteiger partial charge < -0.3 is 19.9 Å². The second-order valence-corrected chi connectivity index (χ2v) is 7.67. The Bertz CT molecular complexity index is 743. The molecular formula is C20H24BrCl2NO3. The van der Waals surface area contributed by atoms with Crippen molar-refractivity contribution in [2.45, 2.75) is 32.9 Å². The molecule has 0 saturated carbocycles. The molecule has 0 fully saturated rings. The van der Waals surface area contributed by atoms with Crippen LogP contribution in [0.15, 0.2) is 34.8 Å². The Morgan fingerprint density at radius 1 is 1.11 bits per heavy atom. The second kappa shape index (κ2) is 11.8. The van der Waals surface area contributed by atoms with Crippen molar-refractivity contribution in [2.24, 2.45) is 0 Å². The first kappa shape index (κ1) is 22.3. The van der Waals surface area contributed by atoms with E-state index in [9.17, 15) is 0 Å². The highest BCUT2D eigenvalue weighted by Gasteiger charge is 2.13. The molecule has 2 rings (SSSR count).